The highest BCUT2D eigenvalue weighted by atomic mass is 32.2. The molecular formula is C25H32FN5O2S2. The van der Waals surface area contributed by atoms with Crippen molar-refractivity contribution in [3.05, 3.63) is 34.5 Å². The highest BCUT2D eigenvalue weighted by Crippen LogP contribution is 2.34. The van der Waals surface area contributed by atoms with Crippen LogP contribution in [-0.4, -0.2) is 76.4 Å². The Kier molecular flexibility index (Phi) is 8.01. The smallest absolute Gasteiger partial charge is 0.409 e. The van der Waals surface area contributed by atoms with Gasteiger partial charge in [-0.1, -0.05) is 18.6 Å². The molecule has 4 aliphatic heterocycles. The molecule has 1 aromatic rings. The van der Waals surface area contributed by atoms with Crippen LogP contribution in [0.5, 0.6) is 5.75 Å². The molecule has 35 heavy (non-hydrogen) atoms. The molecule has 5 rings (SSSR count). The summed E-state index contributed by atoms with van der Waals surface area (Å²) in [5.74, 6) is -0.247. The van der Waals surface area contributed by atoms with E-state index in [1.807, 2.05) is 11.1 Å². The molecule has 0 aliphatic carbocycles. The van der Waals surface area contributed by atoms with E-state index in [9.17, 15) is 9.18 Å². The van der Waals surface area contributed by atoms with Crippen molar-refractivity contribution in [1.82, 2.24) is 20.2 Å². The third kappa shape index (κ3) is 6.04. The van der Waals surface area contributed by atoms with Gasteiger partial charge in [0.25, 0.3) is 0 Å². The van der Waals surface area contributed by atoms with Crippen LogP contribution < -0.4 is 10.2 Å². The summed E-state index contributed by atoms with van der Waals surface area (Å²) in [5, 5.41) is 2.85. The van der Waals surface area contributed by atoms with Gasteiger partial charge in [-0.2, -0.15) is 0 Å². The van der Waals surface area contributed by atoms with E-state index in [-0.39, 0.29) is 5.75 Å². The number of amides is 1. The highest BCUT2D eigenvalue weighted by molar-refractivity contribution is 8.19. The molecule has 10 heteroatoms. The van der Waals surface area contributed by atoms with Crippen LogP contribution in [0.15, 0.2) is 28.1 Å². The quantitative estimate of drug-likeness (QED) is 0.463. The molecule has 0 atom stereocenters. The summed E-state index contributed by atoms with van der Waals surface area (Å²) in [6.07, 6.45) is 9.40. The second-order valence-electron chi connectivity index (χ2n) is 9.44. The van der Waals surface area contributed by atoms with Crippen LogP contribution in [0.1, 0.15) is 50.5 Å². The molecule has 1 aromatic carbocycles. The standard InChI is InChI=1S/C25H32FN5O2S2/c26-19-7-6-18(16-22-23(34)28-24(35-22)31-13-5-2-10-27-31)21(17-19)33-25(32)30-14-8-20(9-15-30)29-11-3-1-4-12-29/h6-7,16-17,20,27H,1-5,8-15H2/b22-16-. The maximum atomic E-state index is 14.1. The number of halogens is 1. The van der Waals surface area contributed by atoms with Crippen molar-refractivity contribution in [2.24, 2.45) is 4.99 Å². The summed E-state index contributed by atoms with van der Waals surface area (Å²) in [5.41, 5.74) is 3.95. The molecule has 3 saturated heterocycles. The van der Waals surface area contributed by atoms with E-state index in [1.54, 1.807) is 11.0 Å². The Hall–Kier alpha value is -2.01. The number of thiocarbonyl (C=S) groups is 1. The Bertz CT molecular complexity index is 1010. The number of rotatable bonds is 3. The molecular weight excluding hydrogens is 485 g/mol. The fourth-order valence-corrected chi connectivity index (χ4v) is 6.32. The first kappa shape index (κ1) is 24.7. The van der Waals surface area contributed by atoms with Crippen LogP contribution in [0.2, 0.25) is 0 Å². The number of amidine groups is 1. The van der Waals surface area contributed by atoms with E-state index in [2.05, 4.69) is 15.3 Å². The van der Waals surface area contributed by atoms with Crippen LogP contribution >= 0.6 is 24.0 Å². The van der Waals surface area contributed by atoms with Gasteiger partial charge in [0.2, 0.25) is 0 Å². The molecule has 0 radical (unpaired) electrons. The summed E-state index contributed by atoms with van der Waals surface area (Å²) < 4.78 is 19.8. The Morgan fingerprint density at radius 1 is 1.11 bits per heavy atom. The average molecular weight is 518 g/mol. The molecule has 188 valence electrons. The number of benzene rings is 1. The summed E-state index contributed by atoms with van der Waals surface area (Å²) >= 11 is 6.96. The largest absolute Gasteiger partial charge is 0.415 e. The van der Waals surface area contributed by atoms with Gasteiger partial charge in [-0.25, -0.2) is 19.6 Å². The van der Waals surface area contributed by atoms with E-state index >= 15 is 0 Å². The van der Waals surface area contributed by atoms with Gasteiger partial charge in [0.05, 0.1) is 4.91 Å². The predicted octanol–water partition coefficient (Wildman–Crippen LogP) is 4.65. The van der Waals surface area contributed by atoms with Crippen LogP contribution in [0.3, 0.4) is 0 Å². The Morgan fingerprint density at radius 2 is 1.89 bits per heavy atom. The fourth-order valence-electron chi connectivity index (χ4n) is 5.08. The van der Waals surface area contributed by atoms with E-state index in [0.29, 0.717) is 29.7 Å². The highest BCUT2D eigenvalue weighted by Gasteiger charge is 2.29. The SMILES string of the molecule is O=C(Oc1cc(F)ccc1/C=C1\SC(N2CCCCN2)=NC1=S)N1CCC(N2CCCCC2)CC1. The average Bonchev–Trinajstić information content (AvgIpc) is 3.27. The summed E-state index contributed by atoms with van der Waals surface area (Å²) in [4.78, 5) is 23.1. The summed E-state index contributed by atoms with van der Waals surface area (Å²) in [6.45, 7) is 5.44. The maximum Gasteiger partial charge on any atom is 0.415 e. The van der Waals surface area contributed by atoms with Crippen LogP contribution in [-0.2, 0) is 0 Å². The summed E-state index contributed by atoms with van der Waals surface area (Å²) in [6, 6.07) is 4.79. The second-order valence-corrected chi connectivity index (χ2v) is 10.8. The zero-order valence-electron chi connectivity index (χ0n) is 19.9. The molecule has 1 N–H and O–H groups in total. The molecule has 0 aromatic heterocycles. The van der Waals surface area contributed by atoms with Gasteiger partial charge in [0.1, 0.15) is 16.6 Å². The number of carbonyl (C=O) groups excluding carboxylic acids is 1. The van der Waals surface area contributed by atoms with Gasteiger partial charge in [0, 0.05) is 43.9 Å². The Balaban J connectivity index is 1.23. The van der Waals surface area contributed by atoms with Gasteiger partial charge >= 0.3 is 6.09 Å². The number of aliphatic imine (C=N–C) groups is 1. The minimum absolute atomic E-state index is 0.202. The number of hydrogen-bond donors (Lipinski definition) is 1. The number of nitrogens with zero attached hydrogens (tertiary/aromatic N) is 4. The van der Waals surface area contributed by atoms with Gasteiger partial charge < -0.3 is 14.5 Å². The lowest BCUT2D eigenvalue weighted by molar-refractivity contribution is 0.0878. The maximum absolute atomic E-state index is 14.1. The first-order valence-electron chi connectivity index (χ1n) is 12.6. The number of hydrazine groups is 1. The van der Waals surface area contributed by atoms with E-state index in [4.69, 9.17) is 17.0 Å². The number of ether oxygens (including phenoxy) is 1. The van der Waals surface area contributed by atoms with E-state index in [0.717, 1.165) is 61.9 Å². The third-order valence-corrected chi connectivity index (χ3v) is 8.51. The van der Waals surface area contributed by atoms with Gasteiger partial charge in [-0.3, -0.25) is 5.01 Å². The van der Waals surface area contributed by atoms with Crippen LogP contribution in [0.4, 0.5) is 9.18 Å². The number of hydrogen-bond acceptors (Lipinski definition) is 7. The van der Waals surface area contributed by atoms with Crippen molar-refractivity contribution in [2.45, 2.75) is 51.0 Å². The van der Waals surface area contributed by atoms with Crippen molar-refractivity contribution in [3.63, 3.8) is 0 Å². The predicted molar refractivity (Wildman–Crippen MR) is 142 cm³/mol. The molecule has 4 aliphatic rings. The monoisotopic (exact) mass is 517 g/mol. The van der Waals surface area contributed by atoms with Crippen molar-refractivity contribution in [1.29, 1.82) is 0 Å². The van der Waals surface area contributed by atoms with Gasteiger partial charge in [-0.05, 0) is 81.6 Å². The van der Waals surface area contributed by atoms with Crippen LogP contribution in [0.25, 0.3) is 6.08 Å². The minimum atomic E-state index is -0.449. The van der Waals surface area contributed by atoms with E-state index in [1.165, 1.54) is 43.2 Å². The molecule has 0 bridgehead atoms. The third-order valence-electron chi connectivity index (χ3n) is 7.04. The molecule has 0 saturated carbocycles. The number of thioether (sulfide) groups is 1. The topological polar surface area (TPSA) is 60.4 Å². The zero-order valence-corrected chi connectivity index (χ0v) is 21.5. The number of nitrogens with one attached hydrogen (secondary N) is 1. The number of carbonyl (C=O) groups is 1. The van der Waals surface area contributed by atoms with Crippen LogP contribution in [0, 0.1) is 5.82 Å². The zero-order chi connectivity index (χ0) is 24.2. The number of piperidine rings is 2. The lowest BCUT2D eigenvalue weighted by Gasteiger charge is -2.39. The normalized spacial score (nSPS) is 23.6. The molecule has 0 unspecified atom stereocenters. The van der Waals surface area contributed by atoms with Crippen molar-refractivity contribution in [3.8, 4) is 5.75 Å². The minimum Gasteiger partial charge on any atom is -0.409 e. The molecule has 0 spiro atoms. The lowest BCUT2D eigenvalue weighted by atomic mass is 10.0. The molecule has 7 nitrogen and oxygen atoms in total. The first-order chi connectivity index (χ1) is 17.1. The van der Waals surface area contributed by atoms with Gasteiger partial charge in [0.15, 0.2) is 5.17 Å². The van der Waals surface area contributed by atoms with Gasteiger partial charge in [-0.15, -0.1) is 0 Å². The molecule has 3 fully saturated rings. The Labute approximate surface area is 215 Å². The fraction of sp³-hybridized carbons (Fsp3) is 0.560. The van der Waals surface area contributed by atoms with Crippen molar-refractivity contribution >= 4 is 46.3 Å². The molecule has 4 heterocycles. The second kappa shape index (κ2) is 11.4. The Morgan fingerprint density at radius 3 is 2.63 bits per heavy atom. The summed E-state index contributed by atoms with van der Waals surface area (Å²) in [7, 11) is 0. The number of likely N-dealkylation sites (tertiary alicyclic amines) is 2. The van der Waals surface area contributed by atoms with Crippen molar-refractivity contribution < 1.29 is 13.9 Å². The lowest BCUT2D eigenvalue weighted by Crippen LogP contribution is -2.48. The first-order valence-corrected chi connectivity index (χ1v) is 13.8. The van der Waals surface area contributed by atoms with Crippen molar-refractivity contribution in [2.75, 3.05) is 39.3 Å². The molecule has 1 amide bonds. The van der Waals surface area contributed by atoms with E-state index < -0.39 is 11.9 Å².